The first-order valence-electron chi connectivity index (χ1n) is 5.04. The predicted octanol–water partition coefficient (Wildman–Crippen LogP) is -0.761. The lowest BCUT2D eigenvalue weighted by molar-refractivity contribution is 0.341. The molecule has 0 bridgehead atoms. The summed E-state index contributed by atoms with van der Waals surface area (Å²) < 4.78 is 22.0. The third-order valence-electron chi connectivity index (χ3n) is 2.13. The highest BCUT2D eigenvalue weighted by Gasteiger charge is 2.07. The Bertz CT molecular complexity index is 445. The molecule has 0 saturated carbocycles. The van der Waals surface area contributed by atoms with E-state index in [0.717, 1.165) is 5.69 Å². The maximum Gasteiger partial charge on any atom is 0.158 e. The lowest BCUT2D eigenvalue weighted by Gasteiger charge is -2.15. The second-order valence-electron chi connectivity index (χ2n) is 3.90. The van der Waals surface area contributed by atoms with Crippen LogP contribution in [0, 0.1) is 0 Å². The molecule has 0 aliphatic rings. The molecule has 96 valence electrons. The molecule has 0 spiro atoms. The molecule has 3 N–H and O–H groups in total. The van der Waals surface area contributed by atoms with Crippen molar-refractivity contribution >= 4 is 15.7 Å². The summed E-state index contributed by atoms with van der Waals surface area (Å²) >= 11 is 0. The van der Waals surface area contributed by atoms with Crippen LogP contribution in [0.25, 0.3) is 0 Å². The van der Waals surface area contributed by atoms with Crippen molar-refractivity contribution in [3.05, 3.63) is 18.1 Å². The fourth-order valence-electron chi connectivity index (χ4n) is 1.19. The molecule has 1 heterocycles. The maximum atomic E-state index is 11.0. The van der Waals surface area contributed by atoms with Gasteiger partial charge in [-0.05, 0) is 7.05 Å². The number of anilines is 1. The number of nitrogens with two attached hydrogens (primary N) is 1. The molecule has 0 aliphatic carbocycles. The van der Waals surface area contributed by atoms with E-state index in [9.17, 15) is 8.42 Å². The first-order chi connectivity index (χ1) is 7.90. The Morgan fingerprint density at radius 3 is 2.59 bits per heavy atom. The molecule has 0 atom stereocenters. The largest absolute Gasteiger partial charge is 0.307 e. The van der Waals surface area contributed by atoms with E-state index in [1.807, 2.05) is 11.9 Å². The molecule has 0 aliphatic heterocycles. The zero-order valence-electron chi connectivity index (χ0n) is 9.92. The summed E-state index contributed by atoms with van der Waals surface area (Å²) in [6.45, 7) is 1.02. The summed E-state index contributed by atoms with van der Waals surface area (Å²) in [5.74, 6) is 5.80. The van der Waals surface area contributed by atoms with Crippen molar-refractivity contribution in [2.75, 3.05) is 31.0 Å². The van der Waals surface area contributed by atoms with E-state index in [1.54, 1.807) is 6.20 Å². The van der Waals surface area contributed by atoms with Gasteiger partial charge in [-0.25, -0.2) is 19.2 Å². The minimum absolute atomic E-state index is 0.138. The van der Waals surface area contributed by atoms with Crippen LogP contribution in [0.5, 0.6) is 0 Å². The highest BCUT2D eigenvalue weighted by Crippen LogP contribution is 2.02. The highest BCUT2D eigenvalue weighted by molar-refractivity contribution is 7.90. The van der Waals surface area contributed by atoms with Gasteiger partial charge in [0.15, 0.2) is 5.82 Å². The zero-order chi connectivity index (χ0) is 12.9. The van der Waals surface area contributed by atoms with Crippen LogP contribution >= 0.6 is 0 Å². The van der Waals surface area contributed by atoms with Gasteiger partial charge in [-0.15, -0.1) is 0 Å². The van der Waals surface area contributed by atoms with Crippen molar-refractivity contribution in [3.8, 4) is 0 Å². The summed E-state index contributed by atoms with van der Waals surface area (Å²) in [7, 11) is -1.09. The molecule has 7 nitrogen and oxygen atoms in total. The van der Waals surface area contributed by atoms with Crippen LogP contribution in [0.4, 0.5) is 5.82 Å². The number of nitrogens with zero attached hydrogens (tertiary/aromatic N) is 3. The van der Waals surface area contributed by atoms with Gasteiger partial charge < -0.3 is 5.43 Å². The van der Waals surface area contributed by atoms with E-state index in [0.29, 0.717) is 18.9 Å². The third kappa shape index (κ3) is 5.57. The first kappa shape index (κ1) is 13.8. The van der Waals surface area contributed by atoms with Gasteiger partial charge in [0.05, 0.1) is 23.8 Å². The molecule has 0 unspecified atom stereocenters. The lowest BCUT2D eigenvalue weighted by Crippen LogP contribution is -2.25. The SMILES string of the molecule is CN(CCS(C)(=O)=O)Cc1cnc(NN)cn1. The molecule has 0 radical (unpaired) electrons. The Morgan fingerprint density at radius 2 is 2.12 bits per heavy atom. The Kier molecular flexibility index (Phi) is 4.79. The van der Waals surface area contributed by atoms with E-state index in [4.69, 9.17) is 5.84 Å². The summed E-state index contributed by atoms with van der Waals surface area (Å²) in [6, 6.07) is 0. The minimum Gasteiger partial charge on any atom is -0.307 e. The van der Waals surface area contributed by atoms with Crippen molar-refractivity contribution in [3.63, 3.8) is 0 Å². The van der Waals surface area contributed by atoms with E-state index in [2.05, 4.69) is 15.4 Å². The topological polar surface area (TPSA) is 101 Å². The molecule has 0 amide bonds. The number of sulfone groups is 1. The molecule has 0 saturated heterocycles. The summed E-state index contributed by atoms with van der Waals surface area (Å²) in [5.41, 5.74) is 3.15. The van der Waals surface area contributed by atoms with Crippen LogP contribution in [0.1, 0.15) is 5.69 Å². The van der Waals surface area contributed by atoms with Crippen molar-refractivity contribution in [1.29, 1.82) is 0 Å². The van der Waals surface area contributed by atoms with Crippen LogP contribution < -0.4 is 11.3 Å². The zero-order valence-corrected chi connectivity index (χ0v) is 10.7. The molecule has 1 aromatic rings. The number of nitrogens with one attached hydrogen (secondary N) is 1. The van der Waals surface area contributed by atoms with Crippen molar-refractivity contribution in [2.45, 2.75) is 6.54 Å². The van der Waals surface area contributed by atoms with Gasteiger partial charge in [0.25, 0.3) is 0 Å². The van der Waals surface area contributed by atoms with Gasteiger partial charge >= 0.3 is 0 Å². The molecule has 0 fully saturated rings. The van der Waals surface area contributed by atoms with Gasteiger partial charge in [0.2, 0.25) is 0 Å². The van der Waals surface area contributed by atoms with E-state index >= 15 is 0 Å². The van der Waals surface area contributed by atoms with Crippen LogP contribution in [0.2, 0.25) is 0 Å². The van der Waals surface area contributed by atoms with Crippen molar-refractivity contribution in [1.82, 2.24) is 14.9 Å². The molecule has 17 heavy (non-hydrogen) atoms. The molecule has 0 aromatic carbocycles. The van der Waals surface area contributed by atoms with Gasteiger partial charge in [0, 0.05) is 19.3 Å². The Hall–Kier alpha value is -1.25. The standard InChI is InChI=1S/C9H17N5O2S/c1-14(3-4-17(2,15)16)7-8-5-12-9(13-10)6-11-8/h5-6H,3-4,7,10H2,1-2H3,(H,12,13). The molecular formula is C9H17N5O2S. The Labute approximate surface area is 101 Å². The van der Waals surface area contributed by atoms with Crippen LogP contribution in [-0.2, 0) is 16.4 Å². The number of hydrazine groups is 1. The first-order valence-corrected chi connectivity index (χ1v) is 7.10. The van der Waals surface area contributed by atoms with Crippen molar-refractivity contribution < 1.29 is 8.42 Å². The number of hydrogen-bond donors (Lipinski definition) is 2. The second-order valence-corrected chi connectivity index (χ2v) is 6.16. The Morgan fingerprint density at radius 1 is 1.41 bits per heavy atom. The third-order valence-corrected chi connectivity index (χ3v) is 3.05. The fourth-order valence-corrected chi connectivity index (χ4v) is 1.83. The lowest BCUT2D eigenvalue weighted by atomic mass is 10.4. The number of aromatic nitrogens is 2. The predicted molar refractivity (Wildman–Crippen MR) is 65.9 cm³/mol. The number of nitrogen functional groups attached to an aromatic ring is 1. The van der Waals surface area contributed by atoms with E-state index in [-0.39, 0.29) is 5.75 Å². The summed E-state index contributed by atoms with van der Waals surface area (Å²) in [4.78, 5) is 10.0. The highest BCUT2D eigenvalue weighted by atomic mass is 32.2. The molecule has 1 aromatic heterocycles. The van der Waals surface area contributed by atoms with Gasteiger partial charge in [0.1, 0.15) is 9.84 Å². The number of hydrogen-bond acceptors (Lipinski definition) is 7. The van der Waals surface area contributed by atoms with E-state index < -0.39 is 9.84 Å². The summed E-state index contributed by atoms with van der Waals surface area (Å²) in [6.07, 6.45) is 4.36. The van der Waals surface area contributed by atoms with Gasteiger partial charge in [-0.2, -0.15) is 0 Å². The fraction of sp³-hybridized carbons (Fsp3) is 0.556. The van der Waals surface area contributed by atoms with Crippen LogP contribution in [-0.4, -0.2) is 48.9 Å². The molecular weight excluding hydrogens is 242 g/mol. The van der Waals surface area contributed by atoms with Crippen LogP contribution in [0.3, 0.4) is 0 Å². The van der Waals surface area contributed by atoms with Gasteiger partial charge in [-0.1, -0.05) is 0 Å². The van der Waals surface area contributed by atoms with Crippen molar-refractivity contribution in [2.24, 2.45) is 5.84 Å². The normalized spacial score (nSPS) is 11.8. The Balaban J connectivity index is 2.47. The average Bonchev–Trinajstić information content (AvgIpc) is 2.27. The van der Waals surface area contributed by atoms with Crippen LogP contribution in [0.15, 0.2) is 12.4 Å². The summed E-state index contributed by atoms with van der Waals surface area (Å²) in [5, 5.41) is 0. The second kappa shape index (κ2) is 5.89. The monoisotopic (exact) mass is 259 g/mol. The maximum absolute atomic E-state index is 11.0. The molecule has 8 heteroatoms. The van der Waals surface area contributed by atoms with Gasteiger partial charge in [-0.3, -0.25) is 9.88 Å². The minimum atomic E-state index is -2.93. The average molecular weight is 259 g/mol. The van der Waals surface area contributed by atoms with E-state index in [1.165, 1.54) is 12.5 Å². The smallest absolute Gasteiger partial charge is 0.158 e. The quantitative estimate of drug-likeness (QED) is 0.511. The molecule has 1 rings (SSSR count). The number of rotatable bonds is 6.